The van der Waals surface area contributed by atoms with E-state index < -0.39 is 21.4 Å². The van der Waals surface area contributed by atoms with Gasteiger partial charge in [-0.1, -0.05) is 36.6 Å². The molecule has 3 rings (SSSR count). The highest BCUT2D eigenvalue weighted by Crippen LogP contribution is 2.37. The van der Waals surface area contributed by atoms with Gasteiger partial charge in [0.2, 0.25) is 15.9 Å². The number of aryl methyl sites for hydroxylation is 1. The van der Waals surface area contributed by atoms with E-state index in [0.717, 1.165) is 25.3 Å². The number of nitrogens with one attached hydrogen (secondary N) is 1. The Balaban J connectivity index is 2.00. The Morgan fingerprint density at radius 3 is 2.52 bits per heavy atom. The summed E-state index contributed by atoms with van der Waals surface area (Å²) in [5.41, 5.74) is -0.947. The van der Waals surface area contributed by atoms with Gasteiger partial charge in [-0.05, 0) is 25.0 Å². The fourth-order valence-electron chi connectivity index (χ4n) is 3.00. The third-order valence-electron chi connectivity index (χ3n) is 4.12. The predicted octanol–water partition coefficient (Wildman–Crippen LogP) is 2.66. The Morgan fingerprint density at radius 1 is 1.22 bits per heavy atom. The first-order valence-corrected chi connectivity index (χ1v) is 9.01. The van der Waals surface area contributed by atoms with Gasteiger partial charge in [0, 0.05) is 6.92 Å². The molecule has 1 saturated carbocycles. The number of halogens is 1. The summed E-state index contributed by atoms with van der Waals surface area (Å²) in [6.07, 6.45) is 3.81. The lowest BCUT2D eigenvalue weighted by Gasteiger charge is -2.34. The Labute approximate surface area is 134 Å². The molecule has 1 N–H and O–H groups in total. The zero-order valence-electron chi connectivity index (χ0n) is 12.8. The number of hydrogen-bond acceptors (Lipinski definition) is 5. The summed E-state index contributed by atoms with van der Waals surface area (Å²) in [4.78, 5) is 3.84. The molecule has 6 nitrogen and oxygen atoms in total. The maximum atomic E-state index is 13.9. The minimum Gasteiger partial charge on any atom is -0.340 e. The van der Waals surface area contributed by atoms with E-state index >= 15 is 0 Å². The number of rotatable bonds is 4. The zero-order valence-corrected chi connectivity index (χ0v) is 13.6. The van der Waals surface area contributed by atoms with Gasteiger partial charge >= 0.3 is 0 Å². The van der Waals surface area contributed by atoms with E-state index in [-0.39, 0.29) is 4.90 Å². The van der Waals surface area contributed by atoms with Crippen LogP contribution in [0.2, 0.25) is 0 Å². The normalized spacial score (nSPS) is 18.0. The highest BCUT2D eigenvalue weighted by atomic mass is 32.2. The fourth-order valence-corrected chi connectivity index (χ4v) is 4.50. The van der Waals surface area contributed by atoms with Crippen molar-refractivity contribution in [3.8, 4) is 0 Å². The second kappa shape index (κ2) is 6.01. The van der Waals surface area contributed by atoms with Crippen LogP contribution in [0.4, 0.5) is 4.39 Å². The topological polar surface area (TPSA) is 85.1 Å². The molecule has 0 atom stereocenters. The molecule has 0 unspecified atom stereocenters. The van der Waals surface area contributed by atoms with Crippen molar-refractivity contribution in [3.05, 3.63) is 41.8 Å². The molecule has 124 valence electrons. The van der Waals surface area contributed by atoms with Gasteiger partial charge in [0.15, 0.2) is 5.82 Å². The number of benzene rings is 1. The van der Waals surface area contributed by atoms with Crippen LogP contribution in [-0.4, -0.2) is 18.6 Å². The molecule has 1 aliphatic rings. The molecule has 1 aromatic heterocycles. The van der Waals surface area contributed by atoms with Crippen LogP contribution in [0.15, 0.2) is 33.7 Å². The molecule has 0 radical (unpaired) electrons. The third-order valence-corrected chi connectivity index (χ3v) is 5.69. The predicted molar refractivity (Wildman–Crippen MR) is 80.5 cm³/mol. The zero-order chi connectivity index (χ0) is 16.5. The molecule has 0 amide bonds. The van der Waals surface area contributed by atoms with Crippen molar-refractivity contribution in [1.29, 1.82) is 0 Å². The van der Waals surface area contributed by atoms with E-state index in [4.69, 9.17) is 4.52 Å². The Hall–Kier alpha value is -1.80. The van der Waals surface area contributed by atoms with E-state index in [1.807, 2.05) is 0 Å². The standard InChI is InChI=1S/C15H18FN3O3S/c1-11-17-14(18-22-11)15(9-5-2-6-10-15)19-23(20,21)13-8-4-3-7-12(13)16/h3-4,7-8,19H,2,5-6,9-10H2,1H3. The molecule has 1 fully saturated rings. The van der Waals surface area contributed by atoms with Crippen molar-refractivity contribution < 1.29 is 17.3 Å². The Morgan fingerprint density at radius 2 is 1.91 bits per heavy atom. The second-order valence-corrected chi connectivity index (χ2v) is 7.47. The van der Waals surface area contributed by atoms with Crippen LogP contribution in [0, 0.1) is 12.7 Å². The molecule has 0 spiro atoms. The minimum absolute atomic E-state index is 0.314. The molecule has 8 heteroatoms. The van der Waals surface area contributed by atoms with Crippen molar-refractivity contribution in [2.45, 2.75) is 49.5 Å². The molecule has 0 saturated heterocycles. The van der Waals surface area contributed by atoms with Crippen molar-refractivity contribution in [2.75, 3.05) is 0 Å². The van der Waals surface area contributed by atoms with Gasteiger partial charge in [-0.3, -0.25) is 0 Å². The molecular weight excluding hydrogens is 321 g/mol. The maximum absolute atomic E-state index is 13.9. The first-order chi connectivity index (χ1) is 10.9. The highest BCUT2D eigenvalue weighted by Gasteiger charge is 2.42. The number of nitrogens with zero attached hydrogens (tertiary/aromatic N) is 2. The molecule has 0 aliphatic heterocycles. The van der Waals surface area contributed by atoms with Gasteiger partial charge in [0.05, 0.1) is 5.54 Å². The minimum atomic E-state index is -4.03. The van der Waals surface area contributed by atoms with Crippen molar-refractivity contribution in [2.24, 2.45) is 0 Å². The summed E-state index contributed by atoms with van der Waals surface area (Å²) in [7, 11) is -4.03. The van der Waals surface area contributed by atoms with Crippen LogP contribution < -0.4 is 4.72 Å². The first kappa shape index (κ1) is 16.1. The van der Waals surface area contributed by atoms with E-state index in [1.54, 1.807) is 6.92 Å². The molecule has 0 bridgehead atoms. The van der Waals surface area contributed by atoms with E-state index in [2.05, 4.69) is 14.9 Å². The maximum Gasteiger partial charge on any atom is 0.244 e. The fraction of sp³-hybridized carbons (Fsp3) is 0.467. The number of sulfonamides is 1. The summed E-state index contributed by atoms with van der Waals surface area (Å²) in [5.74, 6) is -0.0973. The average molecular weight is 339 g/mol. The second-order valence-electron chi connectivity index (χ2n) is 5.82. The van der Waals surface area contributed by atoms with Gasteiger partial charge in [0.1, 0.15) is 10.7 Å². The van der Waals surface area contributed by atoms with E-state index in [1.165, 1.54) is 18.2 Å². The van der Waals surface area contributed by atoms with Crippen LogP contribution in [0.1, 0.15) is 43.8 Å². The van der Waals surface area contributed by atoms with Gasteiger partial charge in [-0.25, -0.2) is 12.8 Å². The van der Waals surface area contributed by atoms with Gasteiger partial charge in [-0.15, -0.1) is 0 Å². The summed E-state index contributed by atoms with van der Waals surface area (Å²) in [6.45, 7) is 1.65. The quantitative estimate of drug-likeness (QED) is 0.925. The highest BCUT2D eigenvalue weighted by molar-refractivity contribution is 7.89. The van der Waals surface area contributed by atoms with E-state index in [0.29, 0.717) is 24.6 Å². The van der Waals surface area contributed by atoms with Crippen LogP contribution in [-0.2, 0) is 15.6 Å². The largest absolute Gasteiger partial charge is 0.340 e. The molecule has 1 heterocycles. The van der Waals surface area contributed by atoms with Crippen LogP contribution in [0.25, 0.3) is 0 Å². The number of hydrogen-bond donors (Lipinski definition) is 1. The van der Waals surface area contributed by atoms with Crippen molar-refractivity contribution in [1.82, 2.24) is 14.9 Å². The first-order valence-electron chi connectivity index (χ1n) is 7.52. The van der Waals surface area contributed by atoms with Crippen LogP contribution >= 0.6 is 0 Å². The van der Waals surface area contributed by atoms with Crippen molar-refractivity contribution in [3.63, 3.8) is 0 Å². The lowest BCUT2D eigenvalue weighted by molar-refractivity contribution is 0.248. The summed E-state index contributed by atoms with van der Waals surface area (Å²) in [5, 5.41) is 3.91. The molecule has 1 aliphatic carbocycles. The third kappa shape index (κ3) is 3.13. The Bertz CT molecular complexity index is 798. The van der Waals surface area contributed by atoms with Gasteiger partial charge in [-0.2, -0.15) is 9.71 Å². The summed E-state index contributed by atoms with van der Waals surface area (Å²) < 4.78 is 46.9. The summed E-state index contributed by atoms with van der Waals surface area (Å²) >= 11 is 0. The lowest BCUT2D eigenvalue weighted by Crippen LogP contribution is -2.48. The average Bonchev–Trinajstić information content (AvgIpc) is 2.95. The smallest absolute Gasteiger partial charge is 0.244 e. The molecule has 2 aromatic rings. The SMILES string of the molecule is Cc1nc(C2(NS(=O)(=O)c3ccccc3F)CCCCC2)no1. The number of aromatic nitrogens is 2. The van der Waals surface area contributed by atoms with Crippen LogP contribution in [0.5, 0.6) is 0 Å². The Kier molecular flexibility index (Phi) is 4.20. The molecular formula is C15H18FN3O3S. The van der Waals surface area contributed by atoms with Gasteiger partial charge < -0.3 is 4.52 Å². The van der Waals surface area contributed by atoms with Crippen LogP contribution in [0.3, 0.4) is 0 Å². The summed E-state index contributed by atoms with van der Waals surface area (Å²) in [6, 6.07) is 5.31. The molecule has 23 heavy (non-hydrogen) atoms. The van der Waals surface area contributed by atoms with Gasteiger partial charge in [0.25, 0.3) is 0 Å². The van der Waals surface area contributed by atoms with Crippen molar-refractivity contribution >= 4 is 10.0 Å². The lowest BCUT2D eigenvalue weighted by atomic mass is 9.82. The monoisotopic (exact) mass is 339 g/mol. The van der Waals surface area contributed by atoms with E-state index in [9.17, 15) is 12.8 Å². The molecule has 1 aromatic carbocycles.